The summed E-state index contributed by atoms with van der Waals surface area (Å²) in [6.45, 7) is 6.68. The summed E-state index contributed by atoms with van der Waals surface area (Å²) in [7, 11) is 3.69. The fraction of sp³-hybridized carbons (Fsp3) is 0.857. The summed E-state index contributed by atoms with van der Waals surface area (Å²) in [6, 6.07) is 0. The molecule has 0 amide bonds. The molecule has 1 fully saturated rings. The minimum absolute atomic E-state index is 0.0737. The number of likely N-dealkylation sites (N-methyl/N-ethyl adjacent to an activating group) is 1. The third-order valence-electron chi connectivity index (χ3n) is 3.80. The van der Waals surface area contributed by atoms with E-state index in [0.717, 1.165) is 6.42 Å². The van der Waals surface area contributed by atoms with Gasteiger partial charge in [-0.1, -0.05) is 0 Å². The summed E-state index contributed by atoms with van der Waals surface area (Å²) in [6.07, 6.45) is 3.49. The first kappa shape index (κ1) is 15.9. The van der Waals surface area contributed by atoms with E-state index in [9.17, 15) is 4.79 Å². The molecule has 0 radical (unpaired) electrons. The van der Waals surface area contributed by atoms with Crippen LogP contribution in [0.15, 0.2) is 0 Å². The van der Waals surface area contributed by atoms with Crippen LogP contribution in [0.5, 0.6) is 0 Å². The van der Waals surface area contributed by atoms with Gasteiger partial charge in [0.05, 0.1) is 0 Å². The Balaban J connectivity index is 2.66. The molecule has 0 heterocycles. The van der Waals surface area contributed by atoms with Crippen LogP contribution in [0.1, 0.15) is 40.0 Å². The van der Waals surface area contributed by atoms with Gasteiger partial charge in [-0.25, -0.2) is 0 Å². The van der Waals surface area contributed by atoms with E-state index >= 15 is 0 Å². The van der Waals surface area contributed by atoms with Gasteiger partial charge in [0.15, 0.2) is 0 Å². The van der Waals surface area contributed by atoms with Crippen molar-refractivity contribution in [1.29, 1.82) is 0 Å². The molecule has 1 aliphatic carbocycles. The number of esters is 1. The number of hydrogen-bond donors (Lipinski definition) is 0. The van der Waals surface area contributed by atoms with Crippen molar-refractivity contribution < 1.29 is 25.4 Å². The average Bonchev–Trinajstić information content (AvgIpc) is 2.27. The molecule has 0 aromatic heterocycles. The van der Waals surface area contributed by atoms with Gasteiger partial charge in [-0.15, -0.1) is 0 Å². The molecular formula is C14H25CrNO2. The molecule has 3 atom stereocenters. The number of carbonyl (C=O) groups is 1. The zero-order valence-electron chi connectivity index (χ0n) is 12.1. The van der Waals surface area contributed by atoms with Crippen molar-refractivity contribution in [2.75, 3.05) is 14.1 Å². The van der Waals surface area contributed by atoms with Gasteiger partial charge in [0.25, 0.3) is 0 Å². The third kappa shape index (κ3) is 4.19. The summed E-state index contributed by atoms with van der Waals surface area (Å²) in [5.41, 5.74) is 0. The van der Waals surface area contributed by atoms with Crippen molar-refractivity contribution in [3.05, 3.63) is 0 Å². The maximum absolute atomic E-state index is 12.0. The molecule has 0 spiro atoms. The van der Waals surface area contributed by atoms with Gasteiger partial charge in [-0.3, -0.25) is 0 Å². The summed E-state index contributed by atoms with van der Waals surface area (Å²) in [4.78, 5) is 13.8. The quantitative estimate of drug-likeness (QED) is 0.744. The standard InChI is InChI=1S/C14H25NO2.Cr/c1-10(2)12-7-6-11(3)8-13(12)17-14(16)9-15(4)5;/h10-13H,6-8H2,1-5H3;/t11-,12-,13+;/m0./s1. The Morgan fingerprint density at radius 2 is 1.94 bits per heavy atom. The van der Waals surface area contributed by atoms with Crippen LogP contribution in [0, 0.1) is 17.8 Å². The van der Waals surface area contributed by atoms with E-state index in [4.69, 9.17) is 4.74 Å². The number of carbonyl (C=O) groups excluding carboxylic acids is 1. The van der Waals surface area contributed by atoms with Crippen molar-refractivity contribution in [3.63, 3.8) is 0 Å². The number of hydrogen-bond acceptors (Lipinski definition) is 3. The van der Waals surface area contributed by atoms with Crippen LogP contribution in [0.3, 0.4) is 0 Å². The molecule has 0 aromatic rings. The van der Waals surface area contributed by atoms with Gasteiger partial charge < -0.3 is 0 Å². The Morgan fingerprint density at radius 1 is 1.33 bits per heavy atom. The van der Waals surface area contributed by atoms with E-state index in [1.165, 1.54) is 12.8 Å². The van der Waals surface area contributed by atoms with E-state index in [1.54, 1.807) is 4.90 Å². The Labute approximate surface area is 119 Å². The fourth-order valence-electron chi connectivity index (χ4n) is 2.62. The van der Waals surface area contributed by atoms with Gasteiger partial charge in [-0.05, 0) is 0 Å². The van der Waals surface area contributed by atoms with Crippen LogP contribution in [-0.2, 0) is 25.4 Å². The first-order valence-corrected chi connectivity index (χ1v) is 7.39. The summed E-state index contributed by atoms with van der Waals surface area (Å²) < 4.78 is 6.26. The van der Waals surface area contributed by atoms with Gasteiger partial charge in [0.2, 0.25) is 0 Å². The van der Waals surface area contributed by atoms with Crippen LogP contribution in [0.2, 0.25) is 0 Å². The van der Waals surface area contributed by atoms with Gasteiger partial charge in [0, 0.05) is 0 Å². The second-order valence-corrected chi connectivity index (χ2v) is 6.57. The Hall–Kier alpha value is -0.168. The SMILES string of the molecule is CC(C)[C@@H]1CC[C@H](C)C[C@H]1OC(=O)[C](=[Cr])N(C)C. The van der Waals surface area contributed by atoms with E-state index in [2.05, 4.69) is 36.6 Å². The van der Waals surface area contributed by atoms with Crippen LogP contribution in [0.25, 0.3) is 0 Å². The molecule has 0 unspecified atom stereocenters. The molecule has 0 bridgehead atoms. The third-order valence-corrected chi connectivity index (χ3v) is 4.63. The molecule has 1 rings (SSSR count). The van der Waals surface area contributed by atoms with Crippen LogP contribution in [-0.4, -0.2) is 35.6 Å². The van der Waals surface area contributed by atoms with Gasteiger partial charge in [0.1, 0.15) is 0 Å². The molecule has 0 N–H and O–H groups in total. The number of rotatable bonds is 4. The molecular weight excluding hydrogens is 266 g/mol. The Bertz CT molecular complexity index is 315. The second kappa shape index (κ2) is 6.84. The molecule has 18 heavy (non-hydrogen) atoms. The van der Waals surface area contributed by atoms with E-state index < -0.39 is 0 Å². The molecule has 1 aliphatic rings. The van der Waals surface area contributed by atoms with Crippen LogP contribution >= 0.6 is 0 Å². The van der Waals surface area contributed by atoms with Crippen molar-refractivity contribution in [2.24, 2.45) is 17.8 Å². The number of nitrogens with zero attached hydrogens (tertiary/aromatic N) is 1. The average molecular weight is 291 g/mol. The molecule has 4 heteroatoms. The van der Waals surface area contributed by atoms with E-state index in [1.807, 2.05) is 14.1 Å². The molecule has 0 aliphatic heterocycles. The van der Waals surface area contributed by atoms with Crippen molar-refractivity contribution in [2.45, 2.75) is 46.1 Å². The Morgan fingerprint density at radius 3 is 2.44 bits per heavy atom. The second-order valence-electron chi connectivity index (χ2n) is 5.97. The Kier molecular flexibility index (Phi) is 6.04. The molecule has 3 nitrogen and oxygen atoms in total. The summed E-state index contributed by atoms with van der Waals surface area (Å²) >= 11 is 2.79. The van der Waals surface area contributed by atoms with Crippen LogP contribution in [0.4, 0.5) is 0 Å². The minimum atomic E-state index is -0.218. The normalized spacial score (nSPS) is 28.5. The van der Waals surface area contributed by atoms with E-state index in [0.29, 0.717) is 22.3 Å². The maximum atomic E-state index is 12.0. The summed E-state index contributed by atoms with van der Waals surface area (Å²) in [5, 5.41) is 0. The monoisotopic (exact) mass is 291 g/mol. The molecule has 0 aromatic carbocycles. The van der Waals surface area contributed by atoms with Crippen molar-refractivity contribution in [3.8, 4) is 0 Å². The first-order valence-electron chi connectivity index (χ1n) is 6.75. The zero-order chi connectivity index (χ0) is 13.9. The molecule has 1 saturated carbocycles. The number of ether oxygens (including phenoxy) is 1. The fourth-order valence-corrected chi connectivity index (χ4v) is 2.70. The first-order chi connectivity index (χ1) is 8.32. The predicted octanol–water partition coefficient (Wildman–Crippen LogP) is 2.23. The zero-order valence-corrected chi connectivity index (χ0v) is 13.4. The van der Waals surface area contributed by atoms with Crippen molar-refractivity contribution in [1.82, 2.24) is 4.90 Å². The summed E-state index contributed by atoms with van der Waals surface area (Å²) in [5.74, 6) is 1.50. The predicted molar refractivity (Wildman–Crippen MR) is 69.9 cm³/mol. The van der Waals surface area contributed by atoms with Crippen LogP contribution < -0.4 is 0 Å². The molecule has 0 saturated heterocycles. The van der Waals surface area contributed by atoms with Gasteiger partial charge >= 0.3 is 119 Å². The van der Waals surface area contributed by atoms with E-state index in [-0.39, 0.29) is 12.1 Å². The van der Waals surface area contributed by atoms with Gasteiger partial charge in [-0.2, -0.15) is 0 Å². The topological polar surface area (TPSA) is 29.5 Å². The molecule has 104 valence electrons. The van der Waals surface area contributed by atoms with Crippen molar-refractivity contribution >= 4 is 10.5 Å².